The third kappa shape index (κ3) is 4.01. The predicted molar refractivity (Wildman–Crippen MR) is 102 cm³/mol. The molecular weight excluding hydrogens is 316 g/mol. The Morgan fingerprint density at radius 1 is 1.17 bits per heavy atom. The molecule has 0 atom stereocenters. The van der Waals surface area contributed by atoms with Crippen LogP contribution in [0, 0.1) is 6.92 Å². The largest absolute Gasteiger partial charge is 0.302 e. The second-order valence-electron chi connectivity index (χ2n) is 6.43. The number of hydrogen-bond donors (Lipinski definition) is 1. The molecule has 0 aliphatic rings. The van der Waals surface area contributed by atoms with Crippen LogP contribution in [0.3, 0.4) is 0 Å². The van der Waals surface area contributed by atoms with Crippen molar-refractivity contribution in [2.45, 2.75) is 39.5 Å². The molecule has 0 fully saturated rings. The number of fused-ring (bicyclic) bond motifs is 1. The molecule has 0 aliphatic carbocycles. The number of benzene rings is 2. The number of anilines is 1. The van der Waals surface area contributed by atoms with E-state index in [-0.39, 0.29) is 5.91 Å². The smallest absolute Gasteiger partial charge is 0.226 e. The first-order chi connectivity index (χ1) is 11.5. The summed E-state index contributed by atoms with van der Waals surface area (Å²) in [7, 11) is 0. The molecule has 24 heavy (non-hydrogen) atoms. The number of aryl methyl sites for hydroxylation is 2. The van der Waals surface area contributed by atoms with Crippen molar-refractivity contribution < 1.29 is 4.79 Å². The van der Waals surface area contributed by atoms with Gasteiger partial charge in [-0.25, -0.2) is 4.98 Å². The van der Waals surface area contributed by atoms with Crippen molar-refractivity contribution in [1.29, 1.82) is 0 Å². The van der Waals surface area contributed by atoms with Crippen molar-refractivity contribution in [1.82, 2.24) is 4.98 Å². The lowest BCUT2D eigenvalue weighted by atomic mass is 10.0. The number of hydrogen-bond acceptors (Lipinski definition) is 3. The summed E-state index contributed by atoms with van der Waals surface area (Å²) < 4.78 is 1.11. The topological polar surface area (TPSA) is 42.0 Å². The maximum absolute atomic E-state index is 12.2. The second kappa shape index (κ2) is 7.14. The molecule has 2 aromatic carbocycles. The molecule has 3 aromatic rings. The first-order valence-corrected chi connectivity index (χ1v) is 9.09. The lowest BCUT2D eigenvalue weighted by Crippen LogP contribution is -2.12. The van der Waals surface area contributed by atoms with E-state index in [0.717, 1.165) is 16.6 Å². The van der Waals surface area contributed by atoms with Gasteiger partial charge in [-0.1, -0.05) is 55.5 Å². The van der Waals surface area contributed by atoms with Gasteiger partial charge < -0.3 is 5.32 Å². The van der Waals surface area contributed by atoms with Crippen LogP contribution >= 0.6 is 11.3 Å². The number of amides is 1. The van der Waals surface area contributed by atoms with E-state index in [0.29, 0.717) is 17.5 Å². The third-order valence-electron chi connectivity index (χ3n) is 4.08. The maximum Gasteiger partial charge on any atom is 0.226 e. The van der Waals surface area contributed by atoms with E-state index >= 15 is 0 Å². The fourth-order valence-electron chi connectivity index (χ4n) is 2.59. The van der Waals surface area contributed by atoms with Crippen molar-refractivity contribution in [3.63, 3.8) is 0 Å². The van der Waals surface area contributed by atoms with Crippen LogP contribution in [0.4, 0.5) is 5.13 Å². The lowest BCUT2D eigenvalue weighted by Gasteiger charge is -2.07. The van der Waals surface area contributed by atoms with Gasteiger partial charge in [0.25, 0.3) is 0 Å². The highest BCUT2D eigenvalue weighted by Gasteiger charge is 2.08. The van der Waals surface area contributed by atoms with Gasteiger partial charge in [-0.2, -0.15) is 0 Å². The summed E-state index contributed by atoms with van der Waals surface area (Å²) in [5.41, 5.74) is 4.65. The third-order valence-corrected chi connectivity index (χ3v) is 5.01. The minimum atomic E-state index is 0.0127. The first-order valence-electron chi connectivity index (χ1n) is 8.27. The van der Waals surface area contributed by atoms with Crippen molar-refractivity contribution in [3.8, 4) is 0 Å². The van der Waals surface area contributed by atoms with Gasteiger partial charge >= 0.3 is 0 Å². The quantitative estimate of drug-likeness (QED) is 0.686. The van der Waals surface area contributed by atoms with E-state index in [1.54, 1.807) is 0 Å². The van der Waals surface area contributed by atoms with Crippen molar-refractivity contribution >= 4 is 32.6 Å². The molecular formula is C20H22N2OS. The average Bonchev–Trinajstić information content (AvgIpc) is 2.94. The highest BCUT2D eigenvalue weighted by molar-refractivity contribution is 7.22. The molecule has 0 unspecified atom stereocenters. The minimum absolute atomic E-state index is 0.0127. The molecule has 0 spiro atoms. The van der Waals surface area contributed by atoms with Gasteiger partial charge in [0.2, 0.25) is 5.91 Å². The fraction of sp³-hybridized carbons (Fsp3) is 0.300. The molecule has 0 saturated heterocycles. The van der Waals surface area contributed by atoms with Crippen LogP contribution in [-0.4, -0.2) is 10.9 Å². The van der Waals surface area contributed by atoms with Gasteiger partial charge in [0.15, 0.2) is 5.13 Å². The minimum Gasteiger partial charge on any atom is -0.302 e. The van der Waals surface area contributed by atoms with Crippen LogP contribution in [0.2, 0.25) is 0 Å². The first kappa shape index (κ1) is 16.7. The Kier molecular flexibility index (Phi) is 4.95. The Bertz CT molecular complexity index is 850. The Hall–Kier alpha value is -2.20. The van der Waals surface area contributed by atoms with Gasteiger partial charge in [0.05, 0.1) is 10.2 Å². The van der Waals surface area contributed by atoms with E-state index < -0.39 is 0 Å². The number of rotatable bonds is 5. The zero-order valence-electron chi connectivity index (χ0n) is 14.3. The summed E-state index contributed by atoms with van der Waals surface area (Å²) in [5.74, 6) is 0.545. The van der Waals surface area contributed by atoms with Crippen LogP contribution in [0.5, 0.6) is 0 Å². The van der Waals surface area contributed by atoms with Crippen LogP contribution in [0.25, 0.3) is 10.2 Å². The van der Waals surface area contributed by atoms with Crippen LogP contribution in [-0.2, 0) is 11.2 Å². The van der Waals surface area contributed by atoms with Crippen LogP contribution in [0.1, 0.15) is 42.9 Å². The zero-order chi connectivity index (χ0) is 17.1. The van der Waals surface area contributed by atoms with Gasteiger partial charge in [0.1, 0.15) is 0 Å². The molecule has 1 N–H and O–H groups in total. The number of thiazole rings is 1. The molecule has 0 saturated carbocycles. The van der Waals surface area contributed by atoms with Crippen LogP contribution < -0.4 is 5.32 Å². The van der Waals surface area contributed by atoms with E-state index in [2.05, 4.69) is 61.4 Å². The van der Waals surface area contributed by atoms with E-state index in [1.807, 2.05) is 12.1 Å². The Balaban J connectivity index is 1.58. The van der Waals surface area contributed by atoms with Crippen LogP contribution in [0.15, 0.2) is 42.5 Å². The Morgan fingerprint density at radius 3 is 2.62 bits per heavy atom. The molecule has 124 valence electrons. The predicted octanol–water partition coefficient (Wildman–Crippen LogP) is 5.30. The highest BCUT2D eigenvalue weighted by Crippen LogP contribution is 2.26. The molecule has 1 heterocycles. The maximum atomic E-state index is 12.2. The highest BCUT2D eigenvalue weighted by atomic mass is 32.1. The SMILES string of the molecule is Cc1ccc2nc(NC(=O)CCc3ccc(C(C)C)cc3)sc2c1. The molecule has 0 aliphatic heterocycles. The van der Waals surface area contributed by atoms with Gasteiger partial charge in [-0.05, 0) is 48.1 Å². The summed E-state index contributed by atoms with van der Waals surface area (Å²) in [6, 6.07) is 14.6. The Labute approximate surface area is 146 Å². The summed E-state index contributed by atoms with van der Waals surface area (Å²) in [6.45, 7) is 6.42. The average molecular weight is 338 g/mol. The molecule has 0 radical (unpaired) electrons. The second-order valence-corrected chi connectivity index (χ2v) is 7.47. The Morgan fingerprint density at radius 2 is 1.92 bits per heavy atom. The number of aromatic nitrogens is 1. The van der Waals surface area contributed by atoms with Gasteiger partial charge in [0, 0.05) is 6.42 Å². The summed E-state index contributed by atoms with van der Waals surface area (Å²) in [4.78, 5) is 16.6. The molecule has 1 amide bonds. The molecule has 3 rings (SSSR count). The normalized spacial score (nSPS) is 11.2. The summed E-state index contributed by atoms with van der Waals surface area (Å²) >= 11 is 1.52. The van der Waals surface area contributed by atoms with Crippen molar-refractivity contribution in [2.24, 2.45) is 0 Å². The van der Waals surface area contributed by atoms with Gasteiger partial charge in [-0.3, -0.25) is 4.79 Å². The van der Waals surface area contributed by atoms with E-state index in [9.17, 15) is 4.79 Å². The number of nitrogens with one attached hydrogen (secondary N) is 1. The van der Waals surface area contributed by atoms with Crippen molar-refractivity contribution in [2.75, 3.05) is 5.32 Å². The molecule has 0 bridgehead atoms. The van der Waals surface area contributed by atoms with E-state index in [4.69, 9.17) is 0 Å². The summed E-state index contributed by atoms with van der Waals surface area (Å²) in [6.07, 6.45) is 1.21. The number of carbonyl (C=O) groups excluding carboxylic acids is 1. The zero-order valence-corrected chi connectivity index (χ0v) is 15.1. The monoisotopic (exact) mass is 338 g/mol. The molecule has 3 nitrogen and oxygen atoms in total. The molecule has 4 heteroatoms. The standard InChI is InChI=1S/C20H22N2OS/c1-13(2)16-8-5-15(6-9-16)7-11-19(23)22-20-21-17-10-4-14(3)12-18(17)24-20/h4-6,8-10,12-13H,7,11H2,1-3H3,(H,21,22,23). The van der Waals surface area contributed by atoms with Gasteiger partial charge in [-0.15, -0.1) is 0 Å². The van der Waals surface area contributed by atoms with Crippen molar-refractivity contribution in [3.05, 3.63) is 59.2 Å². The molecule has 1 aromatic heterocycles. The lowest BCUT2D eigenvalue weighted by molar-refractivity contribution is -0.116. The number of nitrogens with zero attached hydrogens (tertiary/aromatic N) is 1. The number of carbonyl (C=O) groups is 1. The summed E-state index contributed by atoms with van der Waals surface area (Å²) in [5, 5.41) is 3.60. The fourth-order valence-corrected chi connectivity index (χ4v) is 3.57. The van der Waals surface area contributed by atoms with E-state index in [1.165, 1.54) is 28.0 Å².